The number of pyridine rings is 1. The van der Waals surface area contributed by atoms with Gasteiger partial charge in [0, 0.05) is 18.4 Å². The molecule has 0 unspecified atom stereocenters. The second-order valence-electron chi connectivity index (χ2n) is 4.41. The molecule has 0 amide bonds. The Bertz CT molecular complexity index is 626. The molecule has 5 heteroatoms. The molecule has 2 rings (SSSR count). The van der Waals surface area contributed by atoms with Crippen molar-refractivity contribution in [3.05, 3.63) is 53.2 Å². The van der Waals surface area contributed by atoms with E-state index in [1.165, 1.54) is 7.11 Å². The lowest BCUT2D eigenvalue weighted by Crippen LogP contribution is -2.06. The minimum atomic E-state index is -0.379. The zero-order chi connectivity index (χ0) is 14.5. The first-order valence-corrected chi connectivity index (χ1v) is 6.24. The summed E-state index contributed by atoms with van der Waals surface area (Å²) < 4.78 is 4.68. The van der Waals surface area contributed by atoms with Gasteiger partial charge in [0.1, 0.15) is 5.82 Å². The fourth-order valence-corrected chi connectivity index (χ4v) is 1.85. The van der Waals surface area contributed by atoms with Gasteiger partial charge >= 0.3 is 5.97 Å². The molecule has 5 nitrogen and oxygen atoms in total. The Hall–Kier alpha value is -2.56. The van der Waals surface area contributed by atoms with E-state index in [1.807, 2.05) is 25.1 Å². The molecule has 1 aromatic carbocycles. The molecule has 0 aliphatic heterocycles. The molecule has 20 heavy (non-hydrogen) atoms. The van der Waals surface area contributed by atoms with Crippen molar-refractivity contribution in [1.82, 2.24) is 4.98 Å². The Labute approximate surface area is 117 Å². The van der Waals surface area contributed by atoms with Crippen LogP contribution in [0, 0.1) is 6.92 Å². The van der Waals surface area contributed by atoms with Crippen LogP contribution in [0.5, 0.6) is 0 Å². The van der Waals surface area contributed by atoms with Crippen LogP contribution < -0.4 is 11.1 Å². The summed E-state index contributed by atoms with van der Waals surface area (Å²) >= 11 is 0. The van der Waals surface area contributed by atoms with Gasteiger partial charge in [-0.15, -0.1) is 0 Å². The molecule has 0 bridgehead atoms. The molecular weight excluding hydrogens is 254 g/mol. The molecule has 0 saturated carbocycles. The van der Waals surface area contributed by atoms with Crippen LogP contribution in [0.4, 0.5) is 11.5 Å². The van der Waals surface area contributed by atoms with E-state index in [-0.39, 0.29) is 5.97 Å². The number of benzene rings is 1. The summed E-state index contributed by atoms with van der Waals surface area (Å²) in [6.45, 7) is 2.57. The molecule has 2 aromatic rings. The maximum Gasteiger partial charge on any atom is 0.338 e. The summed E-state index contributed by atoms with van der Waals surface area (Å²) in [4.78, 5) is 15.6. The van der Waals surface area contributed by atoms with Gasteiger partial charge in [-0.25, -0.2) is 9.78 Å². The van der Waals surface area contributed by atoms with E-state index in [4.69, 9.17) is 5.73 Å². The number of carbonyl (C=O) groups is 1. The summed E-state index contributed by atoms with van der Waals surface area (Å²) in [6, 6.07) is 9.06. The number of ether oxygens (including phenoxy) is 1. The number of nitrogens with two attached hydrogens (primary N) is 1. The van der Waals surface area contributed by atoms with Crippen molar-refractivity contribution in [3.63, 3.8) is 0 Å². The third-order valence-corrected chi connectivity index (χ3v) is 3.13. The van der Waals surface area contributed by atoms with Gasteiger partial charge in [-0.2, -0.15) is 0 Å². The molecule has 3 N–H and O–H groups in total. The third-order valence-electron chi connectivity index (χ3n) is 3.13. The van der Waals surface area contributed by atoms with Crippen LogP contribution >= 0.6 is 0 Å². The number of nitrogens with zero attached hydrogens (tertiary/aromatic N) is 1. The fourth-order valence-electron chi connectivity index (χ4n) is 1.85. The Morgan fingerprint density at radius 1 is 1.40 bits per heavy atom. The van der Waals surface area contributed by atoms with E-state index in [1.54, 1.807) is 18.3 Å². The molecule has 1 aromatic heterocycles. The van der Waals surface area contributed by atoms with Gasteiger partial charge in [-0.1, -0.05) is 12.1 Å². The summed E-state index contributed by atoms with van der Waals surface area (Å²) in [6.07, 6.45) is 1.57. The standard InChI is InChI=1S/C15H17N3O2/c1-10-12(4-3-5-13(10)16)9-18-14-8-11(6-7-17-14)15(19)20-2/h3-8H,9,16H2,1-2H3,(H,17,18). The van der Waals surface area contributed by atoms with Crippen LogP contribution in [0.1, 0.15) is 21.5 Å². The lowest BCUT2D eigenvalue weighted by Gasteiger charge is -2.10. The van der Waals surface area contributed by atoms with E-state index < -0.39 is 0 Å². The molecule has 0 radical (unpaired) electrons. The monoisotopic (exact) mass is 271 g/mol. The van der Waals surface area contributed by atoms with Crippen molar-refractivity contribution < 1.29 is 9.53 Å². The lowest BCUT2D eigenvalue weighted by molar-refractivity contribution is 0.0600. The van der Waals surface area contributed by atoms with E-state index in [9.17, 15) is 4.79 Å². The molecule has 0 fully saturated rings. The highest BCUT2D eigenvalue weighted by atomic mass is 16.5. The normalized spacial score (nSPS) is 10.1. The van der Waals surface area contributed by atoms with Crippen molar-refractivity contribution in [2.45, 2.75) is 13.5 Å². The van der Waals surface area contributed by atoms with E-state index in [0.717, 1.165) is 16.8 Å². The molecular formula is C15H17N3O2. The number of aromatic nitrogens is 1. The van der Waals surface area contributed by atoms with Crippen LogP contribution in [0.15, 0.2) is 36.5 Å². The molecule has 0 atom stereocenters. The minimum Gasteiger partial charge on any atom is -0.465 e. The smallest absolute Gasteiger partial charge is 0.338 e. The highest BCUT2D eigenvalue weighted by Crippen LogP contribution is 2.17. The van der Waals surface area contributed by atoms with Gasteiger partial charge in [0.2, 0.25) is 0 Å². The Morgan fingerprint density at radius 2 is 2.20 bits per heavy atom. The number of hydrogen-bond donors (Lipinski definition) is 2. The summed E-state index contributed by atoms with van der Waals surface area (Å²) in [5.74, 6) is 0.241. The van der Waals surface area contributed by atoms with E-state index in [0.29, 0.717) is 17.9 Å². The summed E-state index contributed by atoms with van der Waals surface area (Å²) in [7, 11) is 1.35. The number of nitrogen functional groups attached to an aromatic ring is 1. The fraction of sp³-hybridized carbons (Fsp3) is 0.200. The van der Waals surface area contributed by atoms with Gasteiger partial charge in [0.05, 0.1) is 12.7 Å². The van der Waals surface area contributed by atoms with Crippen molar-refractivity contribution in [3.8, 4) is 0 Å². The summed E-state index contributed by atoms with van der Waals surface area (Å²) in [5, 5.41) is 3.17. The number of nitrogens with one attached hydrogen (secondary N) is 1. The average Bonchev–Trinajstić information content (AvgIpc) is 2.48. The van der Waals surface area contributed by atoms with Crippen LogP contribution in [0.2, 0.25) is 0 Å². The molecule has 0 spiro atoms. The second kappa shape index (κ2) is 6.06. The van der Waals surface area contributed by atoms with Gasteiger partial charge in [0.25, 0.3) is 0 Å². The maximum atomic E-state index is 11.4. The maximum absolute atomic E-state index is 11.4. The number of anilines is 2. The highest BCUT2D eigenvalue weighted by Gasteiger charge is 2.07. The van der Waals surface area contributed by atoms with Gasteiger partial charge in [-0.05, 0) is 36.2 Å². The molecule has 104 valence electrons. The van der Waals surface area contributed by atoms with Crippen molar-refractivity contribution in [2.75, 3.05) is 18.2 Å². The number of methoxy groups -OCH3 is 1. The van der Waals surface area contributed by atoms with Gasteiger partial charge in [-0.3, -0.25) is 0 Å². The Kier molecular flexibility index (Phi) is 4.20. The Morgan fingerprint density at radius 3 is 2.95 bits per heavy atom. The SMILES string of the molecule is COC(=O)c1ccnc(NCc2cccc(N)c2C)c1. The minimum absolute atomic E-state index is 0.379. The van der Waals surface area contributed by atoms with E-state index >= 15 is 0 Å². The largest absolute Gasteiger partial charge is 0.465 e. The van der Waals surface area contributed by atoms with Crippen molar-refractivity contribution in [2.24, 2.45) is 0 Å². The Balaban J connectivity index is 2.11. The lowest BCUT2D eigenvalue weighted by atomic mass is 10.1. The predicted octanol–water partition coefficient (Wildman–Crippen LogP) is 2.37. The second-order valence-corrected chi connectivity index (χ2v) is 4.41. The first kappa shape index (κ1) is 13.9. The van der Waals surface area contributed by atoms with Crippen LogP contribution in [0.3, 0.4) is 0 Å². The number of esters is 1. The molecule has 1 heterocycles. The number of carbonyl (C=O) groups excluding carboxylic acids is 1. The van der Waals surface area contributed by atoms with Crippen molar-refractivity contribution >= 4 is 17.5 Å². The molecule has 0 aliphatic carbocycles. The van der Waals surface area contributed by atoms with Crippen LogP contribution in [-0.2, 0) is 11.3 Å². The number of rotatable bonds is 4. The van der Waals surface area contributed by atoms with Crippen molar-refractivity contribution in [1.29, 1.82) is 0 Å². The number of hydrogen-bond acceptors (Lipinski definition) is 5. The summed E-state index contributed by atoms with van der Waals surface area (Å²) in [5.41, 5.74) is 9.24. The zero-order valence-corrected chi connectivity index (χ0v) is 11.5. The first-order valence-electron chi connectivity index (χ1n) is 6.24. The topological polar surface area (TPSA) is 77.2 Å². The average molecular weight is 271 g/mol. The van der Waals surface area contributed by atoms with Crippen LogP contribution in [0.25, 0.3) is 0 Å². The zero-order valence-electron chi connectivity index (χ0n) is 11.5. The van der Waals surface area contributed by atoms with E-state index in [2.05, 4.69) is 15.0 Å². The molecule has 0 aliphatic rings. The highest BCUT2D eigenvalue weighted by molar-refractivity contribution is 5.89. The molecule has 0 saturated heterocycles. The third kappa shape index (κ3) is 3.06. The van der Waals surface area contributed by atoms with Gasteiger partial charge < -0.3 is 15.8 Å². The van der Waals surface area contributed by atoms with Crippen LogP contribution in [-0.4, -0.2) is 18.1 Å². The van der Waals surface area contributed by atoms with Gasteiger partial charge in [0.15, 0.2) is 0 Å². The quantitative estimate of drug-likeness (QED) is 0.659. The first-order chi connectivity index (χ1) is 9.61. The predicted molar refractivity (Wildman–Crippen MR) is 78.5 cm³/mol.